The fourth-order valence-corrected chi connectivity index (χ4v) is 4.34. The first-order valence-electron chi connectivity index (χ1n) is 9.32. The van der Waals surface area contributed by atoms with Crippen molar-refractivity contribution in [2.75, 3.05) is 13.7 Å². The van der Waals surface area contributed by atoms with Crippen LogP contribution in [0, 0.1) is 6.92 Å². The Balaban J connectivity index is 1.68. The van der Waals surface area contributed by atoms with Gasteiger partial charge in [0.2, 0.25) is 0 Å². The number of methoxy groups -OCH3 is 1. The van der Waals surface area contributed by atoms with Gasteiger partial charge in [0.1, 0.15) is 5.65 Å². The Morgan fingerprint density at radius 3 is 2.90 bits per heavy atom. The van der Waals surface area contributed by atoms with Crippen molar-refractivity contribution in [2.24, 2.45) is 0 Å². The van der Waals surface area contributed by atoms with E-state index in [-0.39, 0.29) is 5.56 Å². The fourth-order valence-electron chi connectivity index (χ4n) is 3.26. The van der Waals surface area contributed by atoms with Crippen LogP contribution in [-0.4, -0.2) is 32.7 Å². The molecule has 3 aromatic heterocycles. The average molecular weight is 429 g/mol. The smallest absolute Gasteiger partial charge is 0.262 e. The third kappa shape index (κ3) is 4.17. The normalized spacial score (nSPS) is 11.6. The molecule has 4 aromatic rings. The van der Waals surface area contributed by atoms with E-state index in [0.29, 0.717) is 40.0 Å². The van der Waals surface area contributed by atoms with Gasteiger partial charge < -0.3 is 9.14 Å². The van der Waals surface area contributed by atoms with Crippen molar-refractivity contribution in [1.29, 1.82) is 0 Å². The lowest BCUT2D eigenvalue weighted by molar-refractivity contribution is 0.189. The van der Waals surface area contributed by atoms with Gasteiger partial charge in [0, 0.05) is 43.4 Å². The molecule has 150 valence electrons. The number of aromatic nitrogens is 4. The first-order chi connectivity index (χ1) is 14.1. The van der Waals surface area contributed by atoms with E-state index in [9.17, 15) is 4.79 Å². The van der Waals surface area contributed by atoms with Crippen molar-refractivity contribution < 1.29 is 4.74 Å². The summed E-state index contributed by atoms with van der Waals surface area (Å²) < 4.78 is 8.89. The van der Waals surface area contributed by atoms with Gasteiger partial charge in [-0.05, 0) is 43.2 Å². The van der Waals surface area contributed by atoms with Crippen LogP contribution in [0.5, 0.6) is 0 Å². The number of halogens is 1. The monoisotopic (exact) mass is 428 g/mol. The van der Waals surface area contributed by atoms with Gasteiger partial charge in [0.25, 0.3) is 5.56 Å². The molecule has 1 aromatic carbocycles. The molecule has 0 N–H and O–H groups in total. The maximum absolute atomic E-state index is 13.1. The van der Waals surface area contributed by atoms with Crippen molar-refractivity contribution in [1.82, 2.24) is 18.9 Å². The topological polar surface area (TPSA) is 61.4 Å². The molecular weight excluding hydrogens is 408 g/mol. The molecule has 0 aliphatic carbocycles. The highest BCUT2D eigenvalue weighted by atomic mass is 35.5. The minimum Gasteiger partial charge on any atom is -0.385 e. The van der Waals surface area contributed by atoms with Crippen LogP contribution in [-0.2, 0) is 17.0 Å². The minimum absolute atomic E-state index is 0.0592. The van der Waals surface area contributed by atoms with Crippen molar-refractivity contribution >= 4 is 39.9 Å². The summed E-state index contributed by atoms with van der Waals surface area (Å²) in [6, 6.07) is 9.23. The zero-order chi connectivity index (χ0) is 20.4. The van der Waals surface area contributed by atoms with Crippen LogP contribution in [0.1, 0.15) is 17.7 Å². The van der Waals surface area contributed by atoms with Crippen LogP contribution in [0.2, 0.25) is 5.02 Å². The number of benzene rings is 1. The van der Waals surface area contributed by atoms with E-state index < -0.39 is 0 Å². The molecule has 6 nitrogen and oxygen atoms in total. The Hall–Kier alpha value is -2.35. The first kappa shape index (κ1) is 19.9. The zero-order valence-corrected chi connectivity index (χ0v) is 17.8. The van der Waals surface area contributed by atoms with Gasteiger partial charge in [0.05, 0.1) is 16.6 Å². The number of ether oxygens (including phenoxy) is 1. The lowest BCUT2D eigenvalue weighted by atomic mass is 10.2. The second kappa shape index (κ2) is 8.57. The summed E-state index contributed by atoms with van der Waals surface area (Å²) in [6.45, 7) is 3.17. The quantitative estimate of drug-likeness (QED) is 0.249. The third-order valence-corrected chi connectivity index (χ3v) is 5.93. The highest BCUT2D eigenvalue weighted by Gasteiger charge is 2.13. The van der Waals surface area contributed by atoms with Crippen LogP contribution in [0.25, 0.3) is 16.6 Å². The van der Waals surface area contributed by atoms with Crippen LogP contribution >= 0.6 is 23.4 Å². The van der Waals surface area contributed by atoms with E-state index in [1.165, 1.54) is 11.8 Å². The van der Waals surface area contributed by atoms with E-state index in [2.05, 4.69) is 0 Å². The van der Waals surface area contributed by atoms with Crippen LogP contribution in [0.15, 0.2) is 52.7 Å². The maximum atomic E-state index is 13.1. The second-order valence-electron chi connectivity index (χ2n) is 6.80. The molecule has 0 bridgehead atoms. The molecule has 0 spiro atoms. The first-order valence-corrected chi connectivity index (χ1v) is 10.7. The molecule has 4 rings (SSSR count). The molecule has 0 radical (unpaired) electrons. The highest BCUT2D eigenvalue weighted by molar-refractivity contribution is 7.98. The van der Waals surface area contributed by atoms with Crippen LogP contribution in [0.3, 0.4) is 0 Å². The number of fused-ring (bicyclic) bond motifs is 2. The maximum Gasteiger partial charge on any atom is 0.262 e. The second-order valence-corrected chi connectivity index (χ2v) is 8.18. The molecule has 0 aliphatic heterocycles. The predicted octanol–water partition coefficient (Wildman–Crippen LogP) is 4.33. The minimum atomic E-state index is -0.0592. The van der Waals surface area contributed by atoms with E-state index in [0.717, 1.165) is 23.3 Å². The number of imidazole rings is 1. The van der Waals surface area contributed by atoms with Gasteiger partial charge in [-0.1, -0.05) is 29.4 Å². The van der Waals surface area contributed by atoms with Crippen molar-refractivity contribution in [3.8, 4) is 0 Å². The van der Waals surface area contributed by atoms with Crippen LogP contribution in [0.4, 0.5) is 0 Å². The molecular formula is C21H21ClN4O2S. The van der Waals surface area contributed by atoms with Gasteiger partial charge >= 0.3 is 0 Å². The van der Waals surface area contributed by atoms with E-state index in [4.69, 9.17) is 26.3 Å². The number of pyridine rings is 1. The van der Waals surface area contributed by atoms with Gasteiger partial charge in [0.15, 0.2) is 5.16 Å². The molecule has 0 unspecified atom stereocenters. The van der Waals surface area contributed by atoms with E-state index in [1.807, 2.05) is 35.9 Å². The zero-order valence-electron chi connectivity index (χ0n) is 16.3. The number of thioether (sulfide) groups is 1. The summed E-state index contributed by atoms with van der Waals surface area (Å²) in [7, 11) is 1.66. The predicted molar refractivity (Wildman–Crippen MR) is 117 cm³/mol. The summed E-state index contributed by atoms with van der Waals surface area (Å²) in [4.78, 5) is 22.5. The standard InChI is InChI=1S/C21H21ClN4O2S/c1-14-5-3-8-25-12-16(23-19(14)25)13-29-21-24-18-11-15(22)6-7-17(18)20(27)26(21)9-4-10-28-2/h3,5-8,11-12H,4,9-10,13H2,1-2H3. The Kier molecular flexibility index (Phi) is 5.89. The number of rotatable bonds is 7. The summed E-state index contributed by atoms with van der Waals surface area (Å²) in [5.41, 5.74) is 3.56. The molecule has 0 fully saturated rings. The van der Waals surface area contributed by atoms with Gasteiger partial charge in [-0.2, -0.15) is 0 Å². The summed E-state index contributed by atoms with van der Waals surface area (Å²) >= 11 is 7.62. The molecule has 0 saturated heterocycles. The SMILES string of the molecule is COCCCn1c(SCc2cn3cccc(C)c3n2)nc2cc(Cl)ccc2c1=O. The summed E-state index contributed by atoms with van der Waals surface area (Å²) in [5.74, 6) is 0.615. The Morgan fingerprint density at radius 1 is 1.24 bits per heavy atom. The molecule has 3 heterocycles. The molecule has 0 amide bonds. The largest absolute Gasteiger partial charge is 0.385 e. The number of nitrogens with zero attached hydrogens (tertiary/aromatic N) is 4. The van der Waals surface area contributed by atoms with Gasteiger partial charge in [-0.15, -0.1) is 0 Å². The Labute approximate surface area is 177 Å². The highest BCUT2D eigenvalue weighted by Crippen LogP contribution is 2.24. The lowest BCUT2D eigenvalue weighted by Crippen LogP contribution is -2.24. The van der Waals surface area contributed by atoms with Crippen molar-refractivity contribution in [3.05, 3.63) is 69.4 Å². The third-order valence-electron chi connectivity index (χ3n) is 4.69. The number of hydrogen-bond donors (Lipinski definition) is 0. The molecule has 0 atom stereocenters. The molecule has 8 heteroatoms. The van der Waals surface area contributed by atoms with Gasteiger partial charge in [-0.3, -0.25) is 9.36 Å². The Bertz CT molecular complexity index is 1230. The van der Waals surface area contributed by atoms with Crippen molar-refractivity contribution in [3.63, 3.8) is 0 Å². The average Bonchev–Trinajstić information content (AvgIpc) is 3.13. The molecule has 29 heavy (non-hydrogen) atoms. The fraction of sp³-hybridized carbons (Fsp3) is 0.286. The summed E-state index contributed by atoms with van der Waals surface area (Å²) in [6.07, 6.45) is 4.74. The van der Waals surface area contributed by atoms with Gasteiger partial charge in [-0.25, -0.2) is 9.97 Å². The Morgan fingerprint density at radius 2 is 2.10 bits per heavy atom. The van der Waals surface area contributed by atoms with E-state index in [1.54, 1.807) is 29.9 Å². The summed E-state index contributed by atoms with van der Waals surface area (Å²) in [5, 5.41) is 1.79. The van der Waals surface area contributed by atoms with Crippen LogP contribution < -0.4 is 5.56 Å². The molecule has 0 aliphatic rings. The van der Waals surface area contributed by atoms with E-state index >= 15 is 0 Å². The van der Waals surface area contributed by atoms with Crippen molar-refractivity contribution in [2.45, 2.75) is 30.8 Å². The number of hydrogen-bond acceptors (Lipinski definition) is 5. The lowest BCUT2D eigenvalue weighted by Gasteiger charge is -2.12. The number of aryl methyl sites for hydroxylation is 1. The molecule has 0 saturated carbocycles.